The van der Waals surface area contributed by atoms with Crippen molar-refractivity contribution in [3.63, 3.8) is 0 Å². The molecule has 3 aromatic carbocycles. The van der Waals surface area contributed by atoms with Gasteiger partial charge in [-0.1, -0.05) is 18.2 Å². The molecule has 0 unspecified atom stereocenters. The number of nitrogens with zero attached hydrogens (tertiary/aromatic N) is 1. The molecule has 0 saturated carbocycles. The third-order valence-electron chi connectivity index (χ3n) is 5.17. The van der Waals surface area contributed by atoms with E-state index >= 15 is 0 Å². The average molecular weight is 495 g/mol. The first-order chi connectivity index (χ1) is 16.7. The van der Waals surface area contributed by atoms with E-state index in [1.165, 1.54) is 41.3 Å². The number of sulfonamides is 1. The Morgan fingerprint density at radius 1 is 0.829 bits per heavy atom. The lowest BCUT2D eigenvalue weighted by atomic mass is 10.2. The van der Waals surface area contributed by atoms with E-state index in [-0.39, 0.29) is 29.7 Å². The molecule has 0 aromatic heterocycles. The standard InChI is InChI=1S/C25H26N4O5S/c1-2-29(17-16-23(30)27-20-12-8-18(9-13-20)24(26)31)25(32)19-10-14-22(15-11-19)35(33,34)28-21-6-4-3-5-7-21/h3-15,28H,2,16-17H2,1H3,(H2,26,31)(H,27,30). The summed E-state index contributed by atoms with van der Waals surface area (Å²) in [4.78, 5) is 37.9. The van der Waals surface area contributed by atoms with Crippen LogP contribution >= 0.6 is 0 Å². The van der Waals surface area contributed by atoms with Crippen LogP contribution in [-0.4, -0.2) is 44.1 Å². The van der Waals surface area contributed by atoms with Crippen molar-refractivity contribution in [2.75, 3.05) is 23.1 Å². The van der Waals surface area contributed by atoms with E-state index in [9.17, 15) is 22.8 Å². The third-order valence-corrected chi connectivity index (χ3v) is 6.57. The van der Waals surface area contributed by atoms with Crippen LogP contribution in [0.2, 0.25) is 0 Å². The number of carbonyl (C=O) groups excluding carboxylic acids is 3. The summed E-state index contributed by atoms with van der Waals surface area (Å²) in [6, 6.07) is 20.3. The van der Waals surface area contributed by atoms with Gasteiger partial charge in [0, 0.05) is 42.0 Å². The van der Waals surface area contributed by atoms with Crippen molar-refractivity contribution in [3.05, 3.63) is 90.0 Å². The highest BCUT2D eigenvalue weighted by Crippen LogP contribution is 2.17. The summed E-state index contributed by atoms with van der Waals surface area (Å²) in [5, 5.41) is 2.71. The molecule has 0 fully saturated rings. The third kappa shape index (κ3) is 6.90. The van der Waals surface area contributed by atoms with Gasteiger partial charge >= 0.3 is 0 Å². The Hall–Kier alpha value is -4.18. The lowest BCUT2D eigenvalue weighted by Gasteiger charge is -2.21. The van der Waals surface area contributed by atoms with Gasteiger partial charge in [0.25, 0.3) is 15.9 Å². The zero-order valence-electron chi connectivity index (χ0n) is 19.1. The van der Waals surface area contributed by atoms with Gasteiger partial charge in [-0.05, 0) is 67.6 Å². The molecular formula is C25H26N4O5S. The molecule has 0 heterocycles. The van der Waals surface area contributed by atoms with Gasteiger partial charge in [0.2, 0.25) is 11.8 Å². The fourth-order valence-corrected chi connectivity index (χ4v) is 4.32. The SMILES string of the molecule is CCN(CCC(=O)Nc1ccc(C(N)=O)cc1)C(=O)c1ccc(S(=O)(=O)Nc2ccccc2)cc1. The lowest BCUT2D eigenvalue weighted by Crippen LogP contribution is -2.33. The van der Waals surface area contributed by atoms with Crippen LogP contribution in [0.15, 0.2) is 83.8 Å². The Morgan fingerprint density at radius 3 is 2.00 bits per heavy atom. The Balaban J connectivity index is 1.58. The highest BCUT2D eigenvalue weighted by atomic mass is 32.2. The number of hydrogen-bond acceptors (Lipinski definition) is 5. The zero-order chi connectivity index (χ0) is 25.4. The number of anilines is 2. The molecule has 0 spiro atoms. The van der Waals surface area contributed by atoms with Crippen LogP contribution in [0.4, 0.5) is 11.4 Å². The van der Waals surface area contributed by atoms with Crippen LogP contribution in [0, 0.1) is 0 Å². The van der Waals surface area contributed by atoms with E-state index in [1.54, 1.807) is 49.4 Å². The molecule has 182 valence electrons. The summed E-state index contributed by atoms with van der Waals surface area (Å²) in [5.41, 5.74) is 6.79. The van der Waals surface area contributed by atoms with Gasteiger partial charge in [0.15, 0.2) is 0 Å². The molecule has 0 radical (unpaired) electrons. The Bertz CT molecular complexity index is 1290. The monoisotopic (exact) mass is 494 g/mol. The largest absolute Gasteiger partial charge is 0.366 e. The van der Waals surface area contributed by atoms with Crippen molar-refractivity contribution in [1.82, 2.24) is 4.90 Å². The number of hydrogen-bond donors (Lipinski definition) is 3. The smallest absolute Gasteiger partial charge is 0.261 e. The second kappa shape index (κ2) is 11.3. The summed E-state index contributed by atoms with van der Waals surface area (Å²) in [6.07, 6.45) is 0.0601. The molecule has 0 aliphatic heterocycles. The van der Waals surface area contributed by atoms with Crippen LogP contribution in [0.3, 0.4) is 0 Å². The van der Waals surface area contributed by atoms with Crippen molar-refractivity contribution in [2.24, 2.45) is 5.73 Å². The number of nitrogens with one attached hydrogen (secondary N) is 2. The first-order valence-electron chi connectivity index (χ1n) is 10.9. The van der Waals surface area contributed by atoms with Crippen LogP contribution in [0.5, 0.6) is 0 Å². The molecular weight excluding hydrogens is 468 g/mol. The van der Waals surface area contributed by atoms with Crippen LogP contribution in [-0.2, 0) is 14.8 Å². The quantitative estimate of drug-likeness (QED) is 0.398. The summed E-state index contributed by atoms with van der Waals surface area (Å²) >= 11 is 0. The summed E-state index contributed by atoms with van der Waals surface area (Å²) < 4.78 is 27.6. The number of benzene rings is 3. The molecule has 35 heavy (non-hydrogen) atoms. The van der Waals surface area contributed by atoms with Crippen molar-refractivity contribution < 1.29 is 22.8 Å². The van der Waals surface area contributed by atoms with Gasteiger partial charge in [0.1, 0.15) is 0 Å². The number of nitrogens with two attached hydrogens (primary N) is 1. The summed E-state index contributed by atoms with van der Waals surface area (Å²) in [5.74, 6) is -1.17. The number of primary amides is 1. The molecule has 3 rings (SSSR count). The average Bonchev–Trinajstić information content (AvgIpc) is 2.85. The molecule has 3 amide bonds. The van der Waals surface area contributed by atoms with Crippen LogP contribution in [0.1, 0.15) is 34.1 Å². The van der Waals surface area contributed by atoms with E-state index in [0.29, 0.717) is 29.0 Å². The molecule has 9 nitrogen and oxygen atoms in total. The summed E-state index contributed by atoms with van der Waals surface area (Å²) in [7, 11) is -3.79. The van der Waals surface area contributed by atoms with Gasteiger partial charge in [0.05, 0.1) is 4.90 Å². The Kier molecular flexibility index (Phi) is 8.21. The molecule has 0 aliphatic rings. The first kappa shape index (κ1) is 25.4. The molecule has 4 N–H and O–H groups in total. The van der Waals surface area contributed by atoms with E-state index in [4.69, 9.17) is 5.73 Å². The Labute approximate surface area is 204 Å². The number of rotatable bonds is 10. The predicted molar refractivity (Wildman–Crippen MR) is 133 cm³/mol. The first-order valence-corrected chi connectivity index (χ1v) is 12.3. The van der Waals surface area contributed by atoms with Crippen LogP contribution in [0.25, 0.3) is 0 Å². The fraction of sp³-hybridized carbons (Fsp3) is 0.160. The van der Waals surface area contributed by atoms with Crippen molar-refractivity contribution in [3.8, 4) is 0 Å². The minimum absolute atomic E-state index is 0.0303. The highest BCUT2D eigenvalue weighted by Gasteiger charge is 2.18. The van der Waals surface area contributed by atoms with Crippen molar-refractivity contribution >= 4 is 39.1 Å². The van der Waals surface area contributed by atoms with E-state index in [0.717, 1.165) is 0 Å². The zero-order valence-corrected chi connectivity index (χ0v) is 19.9. The fourth-order valence-electron chi connectivity index (χ4n) is 3.26. The minimum Gasteiger partial charge on any atom is -0.366 e. The van der Waals surface area contributed by atoms with Gasteiger partial charge in [-0.2, -0.15) is 0 Å². The molecule has 0 saturated heterocycles. The van der Waals surface area contributed by atoms with E-state index in [1.807, 2.05) is 0 Å². The van der Waals surface area contributed by atoms with Crippen molar-refractivity contribution in [2.45, 2.75) is 18.2 Å². The van der Waals surface area contributed by atoms with Gasteiger partial charge in [-0.15, -0.1) is 0 Å². The van der Waals surface area contributed by atoms with Gasteiger partial charge in [-0.3, -0.25) is 19.1 Å². The maximum Gasteiger partial charge on any atom is 0.261 e. The molecule has 0 aliphatic carbocycles. The maximum atomic E-state index is 12.9. The van der Waals surface area contributed by atoms with Gasteiger partial charge < -0.3 is 16.0 Å². The van der Waals surface area contributed by atoms with Gasteiger partial charge in [-0.25, -0.2) is 8.42 Å². The van der Waals surface area contributed by atoms with Crippen molar-refractivity contribution in [1.29, 1.82) is 0 Å². The molecule has 0 atom stereocenters. The Morgan fingerprint density at radius 2 is 1.43 bits per heavy atom. The van der Waals surface area contributed by atoms with E-state index in [2.05, 4.69) is 10.0 Å². The predicted octanol–water partition coefficient (Wildman–Crippen LogP) is 3.08. The number of carbonyl (C=O) groups is 3. The maximum absolute atomic E-state index is 12.9. The molecule has 0 bridgehead atoms. The molecule has 3 aromatic rings. The number of amides is 3. The second-order valence-electron chi connectivity index (χ2n) is 7.62. The topological polar surface area (TPSA) is 139 Å². The minimum atomic E-state index is -3.79. The normalized spacial score (nSPS) is 10.9. The van der Waals surface area contributed by atoms with Crippen LogP contribution < -0.4 is 15.8 Å². The highest BCUT2D eigenvalue weighted by molar-refractivity contribution is 7.92. The molecule has 10 heteroatoms. The second-order valence-corrected chi connectivity index (χ2v) is 9.30. The lowest BCUT2D eigenvalue weighted by molar-refractivity contribution is -0.116. The van der Waals surface area contributed by atoms with E-state index < -0.39 is 15.9 Å². The summed E-state index contributed by atoms with van der Waals surface area (Å²) in [6.45, 7) is 2.34. The number of para-hydroxylation sites is 1.